The predicted octanol–water partition coefficient (Wildman–Crippen LogP) is 2.85. The van der Waals surface area contributed by atoms with Crippen molar-refractivity contribution in [2.45, 2.75) is 38.5 Å². The molecule has 6 heteroatoms. The number of halogens is 1. The van der Waals surface area contributed by atoms with Gasteiger partial charge in [-0.2, -0.15) is 4.31 Å². The molecule has 1 rings (SSSR count). The second-order valence-electron chi connectivity index (χ2n) is 4.83. The Kier molecular flexibility index (Phi) is 5.95. The molecule has 0 aliphatic carbocycles. The van der Waals surface area contributed by atoms with Crippen LogP contribution in [0.1, 0.15) is 33.6 Å². The summed E-state index contributed by atoms with van der Waals surface area (Å²) in [5, 5.41) is 0. The monoisotopic (exact) mass is 302 g/mol. The number of sulfonamides is 1. The van der Waals surface area contributed by atoms with Crippen molar-refractivity contribution in [2.24, 2.45) is 5.92 Å². The summed E-state index contributed by atoms with van der Waals surface area (Å²) >= 11 is 0. The molecular weight excluding hydrogens is 279 g/mol. The lowest BCUT2D eigenvalue weighted by molar-refractivity contribution is 0.338. The molecule has 2 N–H and O–H groups in total. The molecule has 114 valence electrons. The third-order valence-electron chi connectivity index (χ3n) is 3.54. The molecule has 0 radical (unpaired) electrons. The molecule has 20 heavy (non-hydrogen) atoms. The average Bonchev–Trinajstić information content (AvgIpc) is 2.39. The van der Waals surface area contributed by atoms with Gasteiger partial charge in [0.1, 0.15) is 10.7 Å². The van der Waals surface area contributed by atoms with Crippen molar-refractivity contribution in [1.82, 2.24) is 4.31 Å². The van der Waals surface area contributed by atoms with Gasteiger partial charge in [0.2, 0.25) is 10.0 Å². The third kappa shape index (κ3) is 3.70. The number of benzene rings is 1. The number of nitrogens with two attached hydrogens (primary N) is 1. The number of anilines is 1. The first-order valence-corrected chi connectivity index (χ1v) is 8.35. The van der Waals surface area contributed by atoms with Crippen LogP contribution in [0.15, 0.2) is 23.1 Å². The van der Waals surface area contributed by atoms with E-state index in [0.29, 0.717) is 13.1 Å². The van der Waals surface area contributed by atoms with Crippen LogP contribution >= 0.6 is 0 Å². The highest BCUT2D eigenvalue weighted by molar-refractivity contribution is 7.89. The summed E-state index contributed by atoms with van der Waals surface area (Å²) in [6.07, 6.45) is 1.79. The van der Waals surface area contributed by atoms with E-state index in [9.17, 15) is 12.8 Å². The number of nitrogens with zero attached hydrogens (tertiary/aromatic N) is 1. The quantitative estimate of drug-likeness (QED) is 0.788. The van der Waals surface area contributed by atoms with Crippen molar-refractivity contribution < 1.29 is 12.8 Å². The van der Waals surface area contributed by atoms with E-state index in [0.717, 1.165) is 18.9 Å². The molecule has 1 aromatic rings. The molecule has 0 aliphatic rings. The molecular formula is C14H23FN2O2S. The minimum Gasteiger partial charge on any atom is -0.399 e. The molecule has 0 heterocycles. The standard InChI is InChI=1S/C14H23FN2O2S/c1-4-11(5-2)10-17(6-3)20(18,19)14-8-7-12(16)9-13(14)15/h7-9,11H,4-6,10,16H2,1-3H3. The summed E-state index contributed by atoms with van der Waals surface area (Å²) in [6.45, 7) is 6.55. The van der Waals surface area contributed by atoms with Crippen molar-refractivity contribution in [1.29, 1.82) is 0 Å². The van der Waals surface area contributed by atoms with Crippen LogP contribution in [0.2, 0.25) is 0 Å². The molecule has 0 bridgehead atoms. The van der Waals surface area contributed by atoms with Gasteiger partial charge in [-0.15, -0.1) is 0 Å². The van der Waals surface area contributed by atoms with Crippen LogP contribution < -0.4 is 5.73 Å². The number of rotatable bonds is 7. The van der Waals surface area contributed by atoms with Crippen molar-refractivity contribution in [3.05, 3.63) is 24.0 Å². The second kappa shape index (κ2) is 7.04. The van der Waals surface area contributed by atoms with Gasteiger partial charge in [-0.25, -0.2) is 12.8 Å². The zero-order valence-electron chi connectivity index (χ0n) is 12.3. The second-order valence-corrected chi connectivity index (χ2v) is 6.73. The number of hydrogen-bond donors (Lipinski definition) is 1. The first kappa shape index (κ1) is 16.9. The predicted molar refractivity (Wildman–Crippen MR) is 79.3 cm³/mol. The lowest BCUT2D eigenvalue weighted by atomic mass is 10.0. The molecule has 0 aliphatic heterocycles. The van der Waals surface area contributed by atoms with Crippen LogP contribution in [0.3, 0.4) is 0 Å². The first-order chi connectivity index (χ1) is 9.36. The van der Waals surface area contributed by atoms with E-state index in [1.165, 1.54) is 16.4 Å². The fourth-order valence-electron chi connectivity index (χ4n) is 2.10. The Hall–Kier alpha value is -1.14. The van der Waals surface area contributed by atoms with Crippen molar-refractivity contribution in [2.75, 3.05) is 18.8 Å². The fourth-order valence-corrected chi connectivity index (χ4v) is 3.67. The van der Waals surface area contributed by atoms with Crippen molar-refractivity contribution in [3.8, 4) is 0 Å². The van der Waals surface area contributed by atoms with Crippen LogP contribution in [0.25, 0.3) is 0 Å². The molecule has 1 aromatic carbocycles. The zero-order chi connectivity index (χ0) is 15.3. The lowest BCUT2D eigenvalue weighted by Gasteiger charge is -2.25. The van der Waals surface area contributed by atoms with Gasteiger partial charge in [0.15, 0.2) is 0 Å². The maximum Gasteiger partial charge on any atom is 0.245 e. The lowest BCUT2D eigenvalue weighted by Crippen LogP contribution is -2.35. The van der Waals surface area contributed by atoms with E-state index < -0.39 is 15.8 Å². The minimum absolute atomic E-state index is 0.212. The largest absolute Gasteiger partial charge is 0.399 e. The van der Waals surface area contributed by atoms with Crippen molar-refractivity contribution in [3.63, 3.8) is 0 Å². The molecule has 0 amide bonds. The number of nitrogen functional groups attached to an aromatic ring is 1. The minimum atomic E-state index is -3.81. The molecule has 0 spiro atoms. The summed E-state index contributed by atoms with van der Waals surface area (Å²) < 4.78 is 40.2. The van der Waals surface area contributed by atoms with E-state index in [2.05, 4.69) is 0 Å². The molecule has 0 saturated carbocycles. The van der Waals surface area contributed by atoms with E-state index in [1.807, 2.05) is 13.8 Å². The highest BCUT2D eigenvalue weighted by Crippen LogP contribution is 2.23. The SMILES string of the molecule is CCC(CC)CN(CC)S(=O)(=O)c1ccc(N)cc1F. The van der Waals surface area contributed by atoms with Gasteiger partial charge in [0.25, 0.3) is 0 Å². The smallest absolute Gasteiger partial charge is 0.245 e. The first-order valence-electron chi connectivity index (χ1n) is 6.91. The van der Waals surface area contributed by atoms with E-state index in [1.54, 1.807) is 6.92 Å². The van der Waals surface area contributed by atoms with E-state index >= 15 is 0 Å². The van der Waals surface area contributed by atoms with Gasteiger partial charge >= 0.3 is 0 Å². The Bertz CT molecular complexity index is 542. The Labute approximate surface area is 120 Å². The third-order valence-corrected chi connectivity index (χ3v) is 5.52. The number of hydrogen-bond acceptors (Lipinski definition) is 3. The van der Waals surface area contributed by atoms with Gasteiger partial charge < -0.3 is 5.73 Å². The van der Waals surface area contributed by atoms with Gasteiger partial charge in [0.05, 0.1) is 0 Å². The molecule has 4 nitrogen and oxygen atoms in total. The highest BCUT2D eigenvalue weighted by atomic mass is 32.2. The topological polar surface area (TPSA) is 63.4 Å². The van der Waals surface area contributed by atoms with Crippen LogP contribution in [-0.2, 0) is 10.0 Å². The van der Waals surface area contributed by atoms with Gasteiger partial charge in [0, 0.05) is 18.8 Å². The molecule has 0 fully saturated rings. The van der Waals surface area contributed by atoms with E-state index in [-0.39, 0.29) is 16.5 Å². The zero-order valence-corrected chi connectivity index (χ0v) is 13.1. The van der Waals surface area contributed by atoms with Gasteiger partial charge in [-0.05, 0) is 24.1 Å². The van der Waals surface area contributed by atoms with Crippen molar-refractivity contribution >= 4 is 15.7 Å². The van der Waals surface area contributed by atoms with Crippen LogP contribution in [0, 0.1) is 11.7 Å². The Balaban J connectivity index is 3.11. The highest BCUT2D eigenvalue weighted by Gasteiger charge is 2.27. The van der Waals surface area contributed by atoms with E-state index in [4.69, 9.17) is 5.73 Å². The van der Waals surface area contributed by atoms with Gasteiger partial charge in [-0.1, -0.05) is 33.6 Å². The summed E-state index contributed by atoms with van der Waals surface area (Å²) in [7, 11) is -3.81. The molecule has 0 saturated heterocycles. The maximum absolute atomic E-state index is 13.9. The summed E-state index contributed by atoms with van der Waals surface area (Å²) in [5.74, 6) is -0.519. The molecule has 0 atom stereocenters. The summed E-state index contributed by atoms with van der Waals surface area (Å²) in [5.41, 5.74) is 5.67. The van der Waals surface area contributed by atoms with Crippen LogP contribution in [-0.4, -0.2) is 25.8 Å². The Morgan fingerprint density at radius 3 is 2.30 bits per heavy atom. The van der Waals surface area contributed by atoms with Crippen LogP contribution in [0.5, 0.6) is 0 Å². The fraction of sp³-hybridized carbons (Fsp3) is 0.571. The van der Waals surface area contributed by atoms with Crippen LogP contribution in [0.4, 0.5) is 10.1 Å². The molecule has 0 aromatic heterocycles. The Morgan fingerprint density at radius 1 is 1.25 bits per heavy atom. The Morgan fingerprint density at radius 2 is 1.85 bits per heavy atom. The summed E-state index contributed by atoms with van der Waals surface area (Å²) in [6, 6.07) is 3.67. The van der Waals surface area contributed by atoms with Gasteiger partial charge in [-0.3, -0.25) is 0 Å². The molecule has 0 unspecified atom stereocenters. The average molecular weight is 302 g/mol. The summed E-state index contributed by atoms with van der Waals surface area (Å²) in [4.78, 5) is -0.306. The normalized spacial score (nSPS) is 12.3. The maximum atomic E-state index is 13.9.